The number of nitrogens with zero attached hydrogens (tertiary/aromatic N) is 4. The molecule has 1 atom stereocenters. The van der Waals surface area contributed by atoms with Gasteiger partial charge in [0.25, 0.3) is 5.91 Å². The summed E-state index contributed by atoms with van der Waals surface area (Å²) in [4.78, 5) is 28.3. The van der Waals surface area contributed by atoms with Crippen LogP contribution in [0, 0.1) is 0 Å². The molecule has 164 valence electrons. The van der Waals surface area contributed by atoms with Gasteiger partial charge in [-0.3, -0.25) is 9.59 Å². The van der Waals surface area contributed by atoms with E-state index < -0.39 is 11.9 Å². The third kappa shape index (κ3) is 4.11. The molecule has 9 heteroatoms. The number of rotatable bonds is 4. The SMILES string of the molecule is C.CN1C(=O)[C@@H](NC(=O)c2cn(Cc3ccccc3)nn2)CSc2cc3occc3cc21. The highest BCUT2D eigenvalue weighted by atomic mass is 32.2. The lowest BCUT2D eigenvalue weighted by Crippen LogP contribution is -2.48. The number of anilines is 1. The number of carbonyl (C=O) groups excluding carboxylic acids is 2. The molecule has 0 unspecified atom stereocenters. The maximum atomic E-state index is 13.0. The molecule has 2 aromatic heterocycles. The minimum Gasteiger partial charge on any atom is -0.464 e. The number of aromatic nitrogens is 3. The summed E-state index contributed by atoms with van der Waals surface area (Å²) < 4.78 is 7.08. The minimum atomic E-state index is -0.680. The quantitative estimate of drug-likeness (QED) is 0.512. The summed E-state index contributed by atoms with van der Waals surface area (Å²) in [6.45, 7) is 0.512. The van der Waals surface area contributed by atoms with E-state index in [1.54, 1.807) is 29.1 Å². The fraction of sp³-hybridized carbons (Fsp3) is 0.217. The third-order valence-electron chi connectivity index (χ3n) is 5.19. The predicted octanol–water partition coefficient (Wildman–Crippen LogP) is 3.58. The first-order chi connectivity index (χ1) is 15.1. The van der Waals surface area contributed by atoms with Crippen molar-refractivity contribution >= 4 is 40.2 Å². The lowest BCUT2D eigenvalue weighted by atomic mass is 10.2. The predicted molar refractivity (Wildman–Crippen MR) is 124 cm³/mol. The lowest BCUT2D eigenvalue weighted by molar-refractivity contribution is -0.119. The molecule has 8 nitrogen and oxygen atoms in total. The first kappa shape index (κ1) is 21.6. The molecule has 1 N–H and O–H groups in total. The van der Waals surface area contributed by atoms with Gasteiger partial charge in [-0.15, -0.1) is 16.9 Å². The number of benzene rings is 2. The topological polar surface area (TPSA) is 93.3 Å². The Morgan fingerprint density at radius 1 is 1.25 bits per heavy atom. The Labute approximate surface area is 189 Å². The maximum absolute atomic E-state index is 13.0. The zero-order valence-corrected chi connectivity index (χ0v) is 17.5. The molecule has 1 aliphatic rings. The molecule has 0 aliphatic carbocycles. The molecule has 2 amide bonds. The number of fused-ring (bicyclic) bond motifs is 2. The third-order valence-corrected chi connectivity index (χ3v) is 6.33. The van der Waals surface area contributed by atoms with E-state index in [-0.39, 0.29) is 19.0 Å². The fourth-order valence-corrected chi connectivity index (χ4v) is 4.65. The van der Waals surface area contributed by atoms with Crippen LogP contribution in [0.5, 0.6) is 0 Å². The second-order valence-corrected chi connectivity index (χ2v) is 8.36. The molecule has 0 radical (unpaired) electrons. The molecular weight excluding hydrogens is 426 g/mol. The molecule has 0 spiro atoms. The number of carbonyl (C=O) groups is 2. The van der Waals surface area contributed by atoms with E-state index in [0.717, 1.165) is 27.1 Å². The molecule has 2 aromatic carbocycles. The van der Waals surface area contributed by atoms with Gasteiger partial charge in [-0.05, 0) is 23.8 Å². The summed E-state index contributed by atoms with van der Waals surface area (Å²) >= 11 is 1.51. The Bertz CT molecular complexity index is 1270. The van der Waals surface area contributed by atoms with Crippen LogP contribution in [-0.4, -0.2) is 45.7 Å². The average molecular weight is 450 g/mol. The van der Waals surface area contributed by atoms with Crippen molar-refractivity contribution in [3.8, 4) is 0 Å². The van der Waals surface area contributed by atoms with Gasteiger partial charge in [0.1, 0.15) is 11.6 Å². The van der Waals surface area contributed by atoms with Crippen LogP contribution in [0.4, 0.5) is 5.69 Å². The van der Waals surface area contributed by atoms with Crippen LogP contribution in [0.2, 0.25) is 0 Å². The van der Waals surface area contributed by atoms with Gasteiger partial charge in [-0.1, -0.05) is 43.0 Å². The van der Waals surface area contributed by atoms with Crippen molar-refractivity contribution < 1.29 is 14.0 Å². The number of thioether (sulfide) groups is 1. The van der Waals surface area contributed by atoms with Crippen LogP contribution < -0.4 is 10.2 Å². The molecule has 3 heterocycles. The van der Waals surface area contributed by atoms with Gasteiger partial charge in [-0.25, -0.2) is 4.68 Å². The Hall–Kier alpha value is -3.59. The number of furan rings is 1. The zero-order valence-electron chi connectivity index (χ0n) is 16.7. The number of hydrogen-bond donors (Lipinski definition) is 1. The normalized spacial score (nSPS) is 15.7. The van der Waals surface area contributed by atoms with E-state index >= 15 is 0 Å². The Balaban J connectivity index is 0.00000245. The molecule has 0 saturated heterocycles. The summed E-state index contributed by atoms with van der Waals surface area (Å²) in [5, 5.41) is 11.7. The Kier molecular flexibility index (Phi) is 6.00. The molecule has 0 bridgehead atoms. The molecular formula is C23H23N5O3S. The second kappa shape index (κ2) is 8.88. The van der Waals surface area contributed by atoms with Gasteiger partial charge in [0.15, 0.2) is 5.69 Å². The number of likely N-dealkylation sites (N-methyl/N-ethyl adjacent to an activating group) is 1. The lowest BCUT2D eigenvalue weighted by Gasteiger charge is -2.21. The molecule has 0 fully saturated rings. The van der Waals surface area contributed by atoms with E-state index in [2.05, 4.69) is 15.6 Å². The van der Waals surface area contributed by atoms with Gasteiger partial charge in [0, 0.05) is 23.1 Å². The van der Waals surface area contributed by atoms with Crippen molar-refractivity contribution in [3.63, 3.8) is 0 Å². The summed E-state index contributed by atoms with van der Waals surface area (Å²) in [5.41, 5.74) is 2.80. The van der Waals surface area contributed by atoms with Crippen molar-refractivity contribution in [1.29, 1.82) is 0 Å². The zero-order chi connectivity index (χ0) is 21.4. The van der Waals surface area contributed by atoms with Crippen LogP contribution in [-0.2, 0) is 11.3 Å². The first-order valence-electron chi connectivity index (χ1n) is 9.75. The smallest absolute Gasteiger partial charge is 0.274 e. The highest BCUT2D eigenvalue weighted by molar-refractivity contribution is 7.99. The summed E-state index contributed by atoms with van der Waals surface area (Å²) in [7, 11) is 1.72. The van der Waals surface area contributed by atoms with Crippen molar-refractivity contribution in [1.82, 2.24) is 20.3 Å². The van der Waals surface area contributed by atoms with Crippen molar-refractivity contribution in [2.24, 2.45) is 0 Å². The van der Waals surface area contributed by atoms with Gasteiger partial charge in [-0.2, -0.15) is 0 Å². The highest BCUT2D eigenvalue weighted by Crippen LogP contribution is 2.37. The number of nitrogens with one attached hydrogen (secondary N) is 1. The summed E-state index contributed by atoms with van der Waals surface area (Å²) in [6.07, 6.45) is 3.22. The van der Waals surface area contributed by atoms with Gasteiger partial charge in [0.2, 0.25) is 5.91 Å². The second-order valence-electron chi connectivity index (χ2n) is 7.30. The van der Waals surface area contributed by atoms with Crippen LogP contribution >= 0.6 is 11.8 Å². The molecule has 4 aromatic rings. The highest BCUT2D eigenvalue weighted by Gasteiger charge is 2.31. The summed E-state index contributed by atoms with van der Waals surface area (Å²) in [5.74, 6) is -0.197. The summed E-state index contributed by atoms with van der Waals surface area (Å²) in [6, 6.07) is 14.8. The largest absolute Gasteiger partial charge is 0.464 e. The number of hydrogen-bond acceptors (Lipinski definition) is 6. The van der Waals surface area contributed by atoms with Crippen LogP contribution in [0.25, 0.3) is 11.0 Å². The number of amides is 2. The van der Waals surface area contributed by atoms with E-state index in [4.69, 9.17) is 4.42 Å². The van der Waals surface area contributed by atoms with E-state index in [9.17, 15) is 9.59 Å². The molecule has 32 heavy (non-hydrogen) atoms. The minimum absolute atomic E-state index is 0. The Morgan fingerprint density at radius 2 is 2.06 bits per heavy atom. The van der Waals surface area contributed by atoms with E-state index in [1.807, 2.05) is 48.5 Å². The van der Waals surface area contributed by atoms with Gasteiger partial charge >= 0.3 is 0 Å². The average Bonchev–Trinajstić information content (AvgIpc) is 3.42. The van der Waals surface area contributed by atoms with Crippen molar-refractivity contribution in [2.45, 2.75) is 24.9 Å². The van der Waals surface area contributed by atoms with E-state index in [0.29, 0.717) is 12.3 Å². The first-order valence-corrected chi connectivity index (χ1v) is 10.7. The van der Waals surface area contributed by atoms with Gasteiger partial charge in [0.05, 0.1) is 24.7 Å². The fourth-order valence-electron chi connectivity index (χ4n) is 3.54. The van der Waals surface area contributed by atoms with Crippen LogP contribution in [0.3, 0.4) is 0 Å². The molecule has 1 aliphatic heterocycles. The van der Waals surface area contributed by atoms with Crippen molar-refractivity contribution in [3.05, 3.63) is 72.2 Å². The monoisotopic (exact) mass is 449 g/mol. The Morgan fingerprint density at radius 3 is 2.88 bits per heavy atom. The van der Waals surface area contributed by atoms with E-state index in [1.165, 1.54) is 11.8 Å². The van der Waals surface area contributed by atoms with Crippen LogP contribution in [0.15, 0.2) is 70.3 Å². The maximum Gasteiger partial charge on any atom is 0.274 e. The molecule has 0 saturated carbocycles. The van der Waals surface area contributed by atoms with Crippen LogP contribution in [0.1, 0.15) is 23.5 Å². The molecule has 5 rings (SSSR count). The standard InChI is InChI=1S/C22H19N5O3S.CH4/c1-26-18-9-15-7-8-30-19(15)10-20(18)31-13-17(22(26)29)23-21(28)16-12-27(25-24-16)11-14-5-3-2-4-6-14;/h2-10,12,17H,11,13H2,1H3,(H,23,28);1H4/t17-;/m0./s1. The van der Waals surface area contributed by atoms with Gasteiger partial charge < -0.3 is 14.6 Å². The van der Waals surface area contributed by atoms with Crippen molar-refractivity contribution in [2.75, 3.05) is 17.7 Å².